The first kappa shape index (κ1) is 14.7. The van der Waals surface area contributed by atoms with Crippen molar-refractivity contribution >= 4 is 17.4 Å². The third-order valence-electron chi connectivity index (χ3n) is 3.36. The Balaban J connectivity index is 2.11. The lowest BCUT2D eigenvalue weighted by Crippen LogP contribution is -2.23. The highest BCUT2D eigenvalue weighted by molar-refractivity contribution is 7.08. The van der Waals surface area contributed by atoms with Crippen molar-refractivity contribution in [3.8, 4) is 0 Å². The number of carbonyl (C=O) groups is 1. The molecule has 4 nitrogen and oxygen atoms in total. The second kappa shape index (κ2) is 6.13. The summed E-state index contributed by atoms with van der Waals surface area (Å²) in [6.45, 7) is 8.75. The third kappa shape index (κ3) is 3.04. The predicted molar refractivity (Wildman–Crippen MR) is 81.1 cm³/mol. The lowest BCUT2D eigenvalue weighted by atomic mass is 10.00. The van der Waals surface area contributed by atoms with Crippen LogP contribution >= 0.6 is 11.5 Å². The molecule has 0 aliphatic carbocycles. The summed E-state index contributed by atoms with van der Waals surface area (Å²) in [6, 6.07) is 4.28. The van der Waals surface area contributed by atoms with Crippen LogP contribution in [0, 0.1) is 20.8 Å². The predicted octanol–water partition coefficient (Wildman–Crippen LogP) is 2.96. The molecule has 0 bridgehead atoms. The topological polar surface area (TPSA) is 54.9 Å². The number of aromatic nitrogens is 2. The Kier molecular flexibility index (Phi) is 4.49. The van der Waals surface area contributed by atoms with Gasteiger partial charge in [-0.3, -0.25) is 4.79 Å². The van der Waals surface area contributed by atoms with Gasteiger partial charge in [-0.15, -0.1) is 5.10 Å². The Labute approximate surface area is 123 Å². The van der Waals surface area contributed by atoms with Crippen LogP contribution in [-0.2, 0) is 13.0 Å². The molecule has 0 spiro atoms. The molecule has 1 heterocycles. The van der Waals surface area contributed by atoms with E-state index in [0.717, 1.165) is 23.6 Å². The van der Waals surface area contributed by atoms with E-state index in [0.29, 0.717) is 11.4 Å². The van der Waals surface area contributed by atoms with Gasteiger partial charge in [0.05, 0.1) is 5.69 Å². The van der Waals surface area contributed by atoms with Crippen molar-refractivity contribution in [1.29, 1.82) is 0 Å². The summed E-state index contributed by atoms with van der Waals surface area (Å²) in [6.07, 6.45) is 0.724. The van der Waals surface area contributed by atoms with Crippen molar-refractivity contribution in [2.45, 2.75) is 40.7 Å². The molecule has 5 heteroatoms. The average molecular weight is 289 g/mol. The molecule has 0 fully saturated rings. The third-order valence-corrected chi connectivity index (χ3v) is 4.13. The van der Waals surface area contributed by atoms with Crippen LogP contribution in [0.1, 0.15) is 44.5 Å². The lowest BCUT2D eigenvalue weighted by molar-refractivity contribution is 0.0954. The molecule has 1 amide bonds. The molecule has 2 rings (SSSR count). The van der Waals surface area contributed by atoms with E-state index in [1.165, 1.54) is 22.3 Å². The zero-order valence-electron chi connectivity index (χ0n) is 12.3. The van der Waals surface area contributed by atoms with Crippen LogP contribution in [0.15, 0.2) is 12.1 Å². The minimum absolute atomic E-state index is 0.0868. The van der Waals surface area contributed by atoms with Gasteiger partial charge in [0.25, 0.3) is 5.91 Å². The molecular weight excluding hydrogens is 270 g/mol. The molecule has 106 valence electrons. The standard InChI is InChI=1S/C15H19N3OS/c1-5-13-14(20-18-17-13)15(19)16-8-12-10(3)6-9(2)7-11(12)4/h6-7H,5,8H2,1-4H3,(H,16,19). The fourth-order valence-electron chi connectivity index (χ4n) is 2.35. The van der Waals surface area contributed by atoms with Crippen molar-refractivity contribution in [3.63, 3.8) is 0 Å². The number of rotatable bonds is 4. The molecule has 0 atom stereocenters. The van der Waals surface area contributed by atoms with Gasteiger partial charge in [-0.1, -0.05) is 29.1 Å². The van der Waals surface area contributed by atoms with Gasteiger partial charge in [0, 0.05) is 6.54 Å². The van der Waals surface area contributed by atoms with Crippen LogP contribution < -0.4 is 5.32 Å². The SMILES string of the molecule is CCc1nnsc1C(=O)NCc1c(C)cc(C)cc1C. The van der Waals surface area contributed by atoms with Crippen molar-refractivity contribution in [3.05, 3.63) is 45.0 Å². The smallest absolute Gasteiger partial charge is 0.265 e. The molecule has 0 unspecified atom stereocenters. The molecule has 0 radical (unpaired) electrons. The first-order valence-electron chi connectivity index (χ1n) is 6.69. The van der Waals surface area contributed by atoms with E-state index in [-0.39, 0.29) is 5.91 Å². The Bertz CT molecular complexity index is 611. The molecule has 1 aromatic carbocycles. The maximum atomic E-state index is 12.2. The van der Waals surface area contributed by atoms with Gasteiger partial charge >= 0.3 is 0 Å². The highest BCUT2D eigenvalue weighted by Crippen LogP contribution is 2.17. The number of amides is 1. The van der Waals surface area contributed by atoms with E-state index in [1.807, 2.05) is 6.92 Å². The Morgan fingerprint density at radius 2 is 1.90 bits per heavy atom. The number of hydrogen-bond donors (Lipinski definition) is 1. The van der Waals surface area contributed by atoms with E-state index in [4.69, 9.17) is 0 Å². The van der Waals surface area contributed by atoms with E-state index in [1.54, 1.807) is 0 Å². The Morgan fingerprint density at radius 1 is 1.25 bits per heavy atom. The molecule has 0 saturated carbocycles. The van der Waals surface area contributed by atoms with Crippen molar-refractivity contribution < 1.29 is 4.79 Å². The Hall–Kier alpha value is -1.75. The summed E-state index contributed by atoms with van der Waals surface area (Å²) in [7, 11) is 0. The monoisotopic (exact) mass is 289 g/mol. The number of nitrogens with zero attached hydrogens (tertiary/aromatic N) is 2. The summed E-state index contributed by atoms with van der Waals surface area (Å²) in [4.78, 5) is 12.8. The quantitative estimate of drug-likeness (QED) is 0.941. The molecule has 0 saturated heterocycles. The number of benzene rings is 1. The highest BCUT2D eigenvalue weighted by Gasteiger charge is 2.15. The van der Waals surface area contributed by atoms with Crippen LogP contribution in [-0.4, -0.2) is 15.5 Å². The van der Waals surface area contributed by atoms with Gasteiger partial charge in [0.2, 0.25) is 0 Å². The van der Waals surface area contributed by atoms with Gasteiger partial charge in [0.15, 0.2) is 0 Å². The van der Waals surface area contributed by atoms with E-state index < -0.39 is 0 Å². The second-order valence-corrected chi connectivity index (χ2v) is 5.72. The van der Waals surface area contributed by atoms with Crippen LogP contribution in [0.3, 0.4) is 0 Å². The average Bonchev–Trinajstić information content (AvgIpc) is 2.85. The summed E-state index contributed by atoms with van der Waals surface area (Å²) < 4.78 is 3.85. The van der Waals surface area contributed by atoms with Gasteiger partial charge in [-0.25, -0.2) is 0 Å². The maximum absolute atomic E-state index is 12.2. The van der Waals surface area contributed by atoms with E-state index in [9.17, 15) is 4.79 Å². The van der Waals surface area contributed by atoms with E-state index in [2.05, 4.69) is 47.8 Å². The van der Waals surface area contributed by atoms with Crippen LogP contribution in [0.4, 0.5) is 0 Å². The molecule has 0 aliphatic rings. The van der Waals surface area contributed by atoms with Gasteiger partial charge in [-0.2, -0.15) is 0 Å². The van der Waals surface area contributed by atoms with Crippen LogP contribution in [0.2, 0.25) is 0 Å². The zero-order chi connectivity index (χ0) is 14.7. The molecule has 1 N–H and O–H groups in total. The number of carbonyl (C=O) groups excluding carboxylic acids is 1. The number of aryl methyl sites for hydroxylation is 4. The van der Waals surface area contributed by atoms with Crippen molar-refractivity contribution in [2.24, 2.45) is 0 Å². The molecule has 0 aliphatic heterocycles. The number of hydrogen-bond acceptors (Lipinski definition) is 4. The fraction of sp³-hybridized carbons (Fsp3) is 0.400. The lowest BCUT2D eigenvalue weighted by Gasteiger charge is -2.12. The van der Waals surface area contributed by atoms with Gasteiger partial charge in [0.1, 0.15) is 4.88 Å². The molecule has 2 aromatic rings. The fourth-order valence-corrected chi connectivity index (χ4v) is 3.02. The largest absolute Gasteiger partial charge is 0.347 e. The van der Waals surface area contributed by atoms with E-state index >= 15 is 0 Å². The molecular formula is C15H19N3OS. The van der Waals surface area contributed by atoms with Crippen LogP contribution in [0.5, 0.6) is 0 Å². The summed E-state index contributed by atoms with van der Waals surface area (Å²) in [5.74, 6) is -0.0868. The minimum Gasteiger partial charge on any atom is -0.347 e. The first-order valence-corrected chi connectivity index (χ1v) is 7.46. The summed E-state index contributed by atoms with van der Waals surface area (Å²) in [5, 5.41) is 6.93. The molecule has 20 heavy (non-hydrogen) atoms. The Morgan fingerprint density at radius 3 is 2.50 bits per heavy atom. The van der Waals surface area contributed by atoms with Gasteiger partial charge in [-0.05, 0) is 55.4 Å². The van der Waals surface area contributed by atoms with Crippen LogP contribution in [0.25, 0.3) is 0 Å². The maximum Gasteiger partial charge on any atom is 0.265 e. The zero-order valence-corrected chi connectivity index (χ0v) is 13.1. The summed E-state index contributed by atoms with van der Waals surface area (Å²) in [5.41, 5.74) is 5.61. The second-order valence-electron chi connectivity index (χ2n) is 4.96. The highest BCUT2D eigenvalue weighted by atomic mass is 32.1. The van der Waals surface area contributed by atoms with Gasteiger partial charge < -0.3 is 5.32 Å². The first-order chi connectivity index (χ1) is 9.52. The summed E-state index contributed by atoms with van der Waals surface area (Å²) >= 11 is 1.16. The molecule has 1 aromatic heterocycles. The van der Waals surface area contributed by atoms with Crippen molar-refractivity contribution in [1.82, 2.24) is 14.9 Å². The number of nitrogens with one attached hydrogen (secondary N) is 1. The normalized spacial score (nSPS) is 10.6. The van der Waals surface area contributed by atoms with Crippen molar-refractivity contribution in [2.75, 3.05) is 0 Å². The minimum atomic E-state index is -0.0868.